The van der Waals surface area contributed by atoms with E-state index in [1.807, 2.05) is 0 Å². The third-order valence-corrected chi connectivity index (χ3v) is 8.98. The third kappa shape index (κ3) is 2.65. The first-order chi connectivity index (χ1) is 16.5. The number of fused-ring (bicyclic) bond motifs is 9. The summed E-state index contributed by atoms with van der Waals surface area (Å²) >= 11 is 0. The number of aryl methyl sites for hydroxylation is 1. The zero-order valence-corrected chi connectivity index (χ0v) is 20.5. The molecule has 1 aliphatic carbocycles. The molecule has 0 spiro atoms. The lowest BCUT2D eigenvalue weighted by Gasteiger charge is -2.45. The van der Waals surface area contributed by atoms with Crippen molar-refractivity contribution in [1.29, 1.82) is 0 Å². The van der Waals surface area contributed by atoms with Gasteiger partial charge >= 0.3 is 0 Å². The number of nitrogens with zero attached hydrogens (tertiary/aromatic N) is 3. The van der Waals surface area contributed by atoms with E-state index in [2.05, 4.69) is 78.3 Å². The molecule has 0 bridgehead atoms. The van der Waals surface area contributed by atoms with Crippen molar-refractivity contribution in [2.45, 2.75) is 70.0 Å². The van der Waals surface area contributed by atoms with E-state index in [0.29, 0.717) is 6.04 Å². The first-order valence-corrected chi connectivity index (χ1v) is 13.0. The van der Waals surface area contributed by atoms with Crippen molar-refractivity contribution in [2.24, 2.45) is 0 Å². The summed E-state index contributed by atoms with van der Waals surface area (Å²) in [7, 11) is 0. The van der Waals surface area contributed by atoms with Gasteiger partial charge in [-0.15, -0.1) is 0 Å². The molecule has 2 unspecified atom stereocenters. The van der Waals surface area contributed by atoms with Gasteiger partial charge in [0.05, 0.1) is 28.0 Å². The van der Waals surface area contributed by atoms with Crippen molar-refractivity contribution in [3.8, 4) is 5.69 Å². The number of ether oxygens (including phenoxy) is 1. The first-order valence-electron chi connectivity index (χ1n) is 13.0. The van der Waals surface area contributed by atoms with Crippen molar-refractivity contribution < 1.29 is 4.74 Å². The van der Waals surface area contributed by atoms with Crippen LogP contribution in [0.1, 0.15) is 61.7 Å². The number of allylic oxidation sites excluding steroid dienone is 2. The van der Waals surface area contributed by atoms with Crippen LogP contribution in [0.15, 0.2) is 48.2 Å². The molecule has 0 radical (unpaired) electrons. The van der Waals surface area contributed by atoms with Crippen LogP contribution in [0, 0.1) is 0 Å². The van der Waals surface area contributed by atoms with E-state index in [-0.39, 0.29) is 11.0 Å². The second kappa shape index (κ2) is 7.19. The maximum atomic E-state index is 5.67. The number of benzene rings is 1. The SMILES string of the molecule is CCc1cccc2c1-n1nc3c(c1C1(C)C=CC4(C)NC=CC4=C21)CN(C1CCOCC1)CC3. The van der Waals surface area contributed by atoms with E-state index in [4.69, 9.17) is 9.84 Å². The Kier molecular flexibility index (Phi) is 4.38. The van der Waals surface area contributed by atoms with Crippen molar-refractivity contribution in [3.63, 3.8) is 0 Å². The minimum Gasteiger partial charge on any atom is -0.381 e. The number of rotatable bonds is 2. The van der Waals surface area contributed by atoms with Crippen molar-refractivity contribution in [2.75, 3.05) is 19.8 Å². The highest BCUT2D eigenvalue weighted by atomic mass is 16.5. The molecule has 7 rings (SSSR count). The lowest BCUT2D eigenvalue weighted by atomic mass is 9.64. The molecule has 1 N–H and O–H groups in total. The normalized spacial score (nSPS) is 29.9. The van der Waals surface area contributed by atoms with Crippen LogP contribution < -0.4 is 5.32 Å². The van der Waals surface area contributed by atoms with Crippen LogP contribution in [0.2, 0.25) is 0 Å². The molecule has 5 heteroatoms. The summed E-state index contributed by atoms with van der Waals surface area (Å²) in [4.78, 5) is 2.71. The van der Waals surface area contributed by atoms with Crippen LogP contribution >= 0.6 is 0 Å². The van der Waals surface area contributed by atoms with Crippen molar-refractivity contribution in [1.82, 2.24) is 20.0 Å². The zero-order chi connectivity index (χ0) is 23.1. The monoisotopic (exact) mass is 454 g/mol. The Labute approximate surface area is 202 Å². The Morgan fingerprint density at radius 3 is 2.85 bits per heavy atom. The van der Waals surface area contributed by atoms with Crippen molar-refractivity contribution >= 4 is 5.57 Å². The molecule has 1 aromatic carbocycles. The number of aromatic nitrogens is 2. The summed E-state index contributed by atoms with van der Waals surface area (Å²) in [5.41, 5.74) is 10.6. The average molecular weight is 455 g/mol. The number of nitrogens with one attached hydrogen (secondary N) is 1. The molecule has 5 aliphatic rings. The molecule has 5 nitrogen and oxygen atoms in total. The van der Waals surface area contributed by atoms with Crippen LogP contribution in [-0.4, -0.2) is 46.0 Å². The molecule has 1 saturated heterocycles. The summed E-state index contributed by atoms with van der Waals surface area (Å²) < 4.78 is 8.01. The molecule has 176 valence electrons. The molecule has 1 aromatic heterocycles. The van der Waals surface area contributed by atoms with E-state index in [1.54, 1.807) is 0 Å². The number of para-hydroxylation sites is 1. The van der Waals surface area contributed by atoms with Gasteiger partial charge in [-0.1, -0.05) is 37.3 Å². The van der Waals surface area contributed by atoms with Gasteiger partial charge in [-0.25, -0.2) is 4.68 Å². The van der Waals surface area contributed by atoms with Crippen molar-refractivity contribution in [3.05, 3.63) is 76.3 Å². The molecule has 4 aliphatic heterocycles. The predicted octanol–water partition coefficient (Wildman–Crippen LogP) is 4.44. The van der Waals surface area contributed by atoms with E-state index >= 15 is 0 Å². The van der Waals surface area contributed by atoms with Gasteiger partial charge in [0.1, 0.15) is 0 Å². The number of hydrogen-bond acceptors (Lipinski definition) is 4. The zero-order valence-electron chi connectivity index (χ0n) is 20.5. The van der Waals surface area contributed by atoms with Gasteiger partial charge in [-0.05, 0) is 62.1 Å². The van der Waals surface area contributed by atoms with Crippen LogP contribution in [0.5, 0.6) is 0 Å². The summed E-state index contributed by atoms with van der Waals surface area (Å²) in [6, 6.07) is 7.46. The molecule has 2 atom stereocenters. The van der Waals surface area contributed by atoms with Gasteiger partial charge in [-0.2, -0.15) is 5.10 Å². The average Bonchev–Trinajstić information content (AvgIpc) is 3.45. The first kappa shape index (κ1) is 20.7. The van der Waals surface area contributed by atoms with Crippen LogP contribution in [0.3, 0.4) is 0 Å². The lowest BCUT2D eigenvalue weighted by Crippen LogP contribution is -2.45. The van der Waals surface area contributed by atoms with Gasteiger partial charge < -0.3 is 10.1 Å². The second-order valence-electron chi connectivity index (χ2n) is 10.9. The molecule has 34 heavy (non-hydrogen) atoms. The smallest absolute Gasteiger partial charge is 0.0780 e. The minimum atomic E-state index is -0.205. The summed E-state index contributed by atoms with van der Waals surface area (Å²) in [5.74, 6) is 0. The molecular formula is C29H34N4O. The highest BCUT2D eigenvalue weighted by Crippen LogP contribution is 2.55. The fourth-order valence-corrected chi connectivity index (χ4v) is 7.13. The molecule has 0 saturated carbocycles. The Bertz CT molecular complexity index is 1280. The lowest BCUT2D eigenvalue weighted by molar-refractivity contribution is 0.0288. The quantitative estimate of drug-likeness (QED) is 0.681. The highest BCUT2D eigenvalue weighted by molar-refractivity contribution is 5.91. The fourth-order valence-electron chi connectivity index (χ4n) is 7.13. The van der Waals surface area contributed by atoms with E-state index in [1.165, 1.54) is 44.9 Å². The molecule has 2 aromatic rings. The van der Waals surface area contributed by atoms with Gasteiger partial charge in [0.2, 0.25) is 0 Å². The highest BCUT2D eigenvalue weighted by Gasteiger charge is 2.49. The molecule has 0 amide bonds. The summed E-state index contributed by atoms with van der Waals surface area (Å²) in [6.07, 6.45) is 13.6. The van der Waals surface area contributed by atoms with Gasteiger partial charge in [0.15, 0.2) is 0 Å². The topological polar surface area (TPSA) is 42.3 Å². The number of hydrogen-bond donors (Lipinski definition) is 1. The summed E-state index contributed by atoms with van der Waals surface area (Å²) in [5, 5.41) is 8.94. The maximum Gasteiger partial charge on any atom is 0.0780 e. The Morgan fingerprint density at radius 1 is 1.18 bits per heavy atom. The van der Waals surface area contributed by atoms with E-state index in [9.17, 15) is 0 Å². The van der Waals surface area contributed by atoms with E-state index in [0.717, 1.165) is 52.0 Å². The fraction of sp³-hybridized carbons (Fsp3) is 0.483. The summed E-state index contributed by atoms with van der Waals surface area (Å²) in [6.45, 7) is 10.9. The van der Waals surface area contributed by atoms with Crippen LogP contribution in [-0.2, 0) is 29.5 Å². The minimum absolute atomic E-state index is 0.148. The van der Waals surface area contributed by atoms with Crippen LogP contribution in [0.4, 0.5) is 0 Å². The maximum absolute atomic E-state index is 5.67. The Hall–Kier alpha value is -2.63. The van der Waals surface area contributed by atoms with Gasteiger partial charge in [-0.3, -0.25) is 4.90 Å². The largest absolute Gasteiger partial charge is 0.381 e. The van der Waals surface area contributed by atoms with Gasteiger partial charge in [0.25, 0.3) is 0 Å². The second-order valence-corrected chi connectivity index (χ2v) is 10.9. The Balaban J connectivity index is 1.47. The van der Waals surface area contributed by atoms with Gasteiger partial charge in [0, 0.05) is 49.9 Å². The molecule has 5 heterocycles. The third-order valence-electron chi connectivity index (χ3n) is 8.98. The van der Waals surface area contributed by atoms with E-state index < -0.39 is 0 Å². The predicted molar refractivity (Wildman–Crippen MR) is 135 cm³/mol. The van der Waals surface area contributed by atoms with Crippen LogP contribution in [0.25, 0.3) is 11.3 Å². The standard InChI is InChI=1S/C29H34N4O/c1-4-19-6-5-7-21-25-23-8-14-30-29(23,3)13-12-28(25,2)27-22-18-32(20-10-16-34-17-11-20)15-9-24(22)31-33(27)26(19)21/h5-8,12-14,20,30H,4,9-11,15-18H2,1-3H3. The molecule has 1 fully saturated rings. The Morgan fingerprint density at radius 2 is 2.03 bits per heavy atom. The molecular weight excluding hydrogens is 420 g/mol.